The summed E-state index contributed by atoms with van der Waals surface area (Å²) in [6.07, 6.45) is -5.97. The smallest absolute Gasteiger partial charge is 0.417 e. The Hall–Kier alpha value is -5.28. The molecule has 0 radical (unpaired) electrons. The number of hydrogen-bond donors (Lipinski definition) is 2. The average molecular weight is 766 g/mol. The van der Waals surface area contributed by atoms with E-state index in [2.05, 4.69) is 31.4 Å². The van der Waals surface area contributed by atoms with E-state index in [0.29, 0.717) is 17.0 Å². The average Bonchev–Trinajstić information content (AvgIpc) is 3.41. The Kier molecular flexibility index (Phi) is 10.1. The Morgan fingerprint density at radius 2 is 1.82 bits per heavy atom. The Balaban J connectivity index is 1.36. The number of amides is 2. The summed E-state index contributed by atoms with van der Waals surface area (Å²) in [6, 6.07) is 21.3. The number of halogens is 4. The van der Waals surface area contributed by atoms with Crippen LogP contribution in [0.15, 0.2) is 94.3 Å². The molecule has 3 aromatic carbocycles. The fraction of sp³-hybridized carbons (Fsp3) is 0.250. The summed E-state index contributed by atoms with van der Waals surface area (Å²) >= 11 is 3.46. The predicted molar refractivity (Wildman–Crippen MR) is 184 cm³/mol. The highest BCUT2D eigenvalue weighted by atomic mass is 79.9. The van der Waals surface area contributed by atoms with Crippen LogP contribution in [0, 0.1) is 6.92 Å². The lowest BCUT2D eigenvalue weighted by Gasteiger charge is -2.34. The van der Waals surface area contributed by atoms with Gasteiger partial charge in [0.15, 0.2) is 6.10 Å². The zero-order valence-corrected chi connectivity index (χ0v) is 29.0. The standard InChI is InChI=1S/C36H32BrF3N6O5/c1-21-16-23(9-14-28(21)37)34(49)44-19-30-32(33(48)41-17-24-6-3-4-7-27(24)29-8-5-15-42-43-29)46(35(50)45(30)18-22(44)2)25-10-12-26(13-11-25)51-20-31(47)36(38,39)40/h3-16,22,31,47H,17-20H2,1-2H3,(H,41,48)/t22-,31+/m1/s1. The molecule has 0 saturated carbocycles. The third-order valence-electron chi connectivity index (χ3n) is 8.61. The topological polar surface area (TPSA) is 132 Å². The van der Waals surface area contributed by atoms with E-state index in [0.717, 1.165) is 21.2 Å². The zero-order chi connectivity index (χ0) is 36.4. The van der Waals surface area contributed by atoms with Gasteiger partial charge in [0.25, 0.3) is 11.8 Å². The van der Waals surface area contributed by atoms with Gasteiger partial charge in [-0.05, 0) is 79.6 Å². The number of fused-ring (bicyclic) bond motifs is 1. The maximum atomic E-state index is 14.2. The van der Waals surface area contributed by atoms with Crippen LogP contribution in [-0.4, -0.2) is 66.1 Å². The molecule has 2 atom stereocenters. The van der Waals surface area contributed by atoms with Gasteiger partial charge in [-0.15, -0.1) is 0 Å². The van der Waals surface area contributed by atoms with Gasteiger partial charge in [-0.3, -0.25) is 18.7 Å². The summed E-state index contributed by atoms with van der Waals surface area (Å²) in [7, 11) is 0. The van der Waals surface area contributed by atoms with Gasteiger partial charge in [-0.1, -0.05) is 40.2 Å². The van der Waals surface area contributed by atoms with E-state index < -0.39 is 36.5 Å². The number of aryl methyl sites for hydroxylation is 1. The van der Waals surface area contributed by atoms with Crippen molar-refractivity contribution in [1.82, 2.24) is 29.5 Å². The molecule has 3 heterocycles. The maximum Gasteiger partial charge on any atom is 0.417 e. The molecule has 0 bridgehead atoms. The lowest BCUT2D eigenvalue weighted by Crippen LogP contribution is -2.47. The molecule has 2 amide bonds. The minimum atomic E-state index is -4.85. The first-order chi connectivity index (χ1) is 24.3. The van der Waals surface area contributed by atoms with E-state index in [9.17, 15) is 32.7 Å². The highest BCUT2D eigenvalue weighted by molar-refractivity contribution is 9.10. The largest absolute Gasteiger partial charge is 0.491 e. The van der Waals surface area contributed by atoms with Crippen molar-refractivity contribution in [3.8, 4) is 22.7 Å². The van der Waals surface area contributed by atoms with E-state index in [4.69, 9.17) is 4.74 Å². The van der Waals surface area contributed by atoms with Gasteiger partial charge in [-0.25, -0.2) is 4.79 Å². The van der Waals surface area contributed by atoms with E-state index in [-0.39, 0.29) is 42.7 Å². The first-order valence-corrected chi connectivity index (χ1v) is 16.7. The third kappa shape index (κ3) is 7.44. The lowest BCUT2D eigenvalue weighted by molar-refractivity contribution is -0.210. The van der Waals surface area contributed by atoms with E-state index >= 15 is 0 Å². The molecule has 0 aliphatic carbocycles. The van der Waals surface area contributed by atoms with Gasteiger partial charge >= 0.3 is 11.9 Å². The molecule has 0 fully saturated rings. The third-order valence-corrected chi connectivity index (χ3v) is 9.50. The first-order valence-electron chi connectivity index (χ1n) is 15.9. The highest BCUT2D eigenvalue weighted by Gasteiger charge is 2.39. The molecule has 15 heteroatoms. The summed E-state index contributed by atoms with van der Waals surface area (Å²) in [5.41, 5.74) is 3.45. The van der Waals surface area contributed by atoms with Crippen molar-refractivity contribution in [2.24, 2.45) is 0 Å². The number of nitrogens with zero attached hydrogens (tertiary/aromatic N) is 5. The van der Waals surface area contributed by atoms with Crippen LogP contribution in [0.3, 0.4) is 0 Å². The fourth-order valence-electron chi connectivity index (χ4n) is 5.89. The van der Waals surface area contributed by atoms with E-state index in [1.165, 1.54) is 33.4 Å². The fourth-order valence-corrected chi connectivity index (χ4v) is 6.14. The molecule has 5 aromatic rings. The molecule has 264 valence electrons. The zero-order valence-electron chi connectivity index (χ0n) is 27.4. The Morgan fingerprint density at radius 1 is 1.08 bits per heavy atom. The summed E-state index contributed by atoms with van der Waals surface area (Å²) in [5.74, 6) is -0.845. The number of aliphatic hydroxyl groups excluding tert-OH is 1. The van der Waals surface area contributed by atoms with Crippen molar-refractivity contribution in [2.45, 2.75) is 51.8 Å². The predicted octanol–water partition coefficient (Wildman–Crippen LogP) is 5.44. The van der Waals surface area contributed by atoms with Gasteiger partial charge in [0.1, 0.15) is 18.1 Å². The quantitative estimate of drug-likeness (QED) is 0.204. The number of ether oxygens (including phenoxy) is 1. The lowest BCUT2D eigenvalue weighted by atomic mass is 10.0. The van der Waals surface area contributed by atoms with Crippen LogP contribution in [0.5, 0.6) is 5.75 Å². The molecule has 2 N–H and O–H groups in total. The van der Waals surface area contributed by atoms with Crippen LogP contribution in [0.1, 0.15) is 44.6 Å². The van der Waals surface area contributed by atoms with E-state index in [1.807, 2.05) is 38.1 Å². The van der Waals surface area contributed by atoms with Crippen molar-refractivity contribution in [2.75, 3.05) is 6.61 Å². The number of hydrogen-bond acceptors (Lipinski definition) is 7. The minimum Gasteiger partial charge on any atom is -0.491 e. The van der Waals surface area contributed by atoms with Crippen molar-refractivity contribution < 1.29 is 32.6 Å². The van der Waals surface area contributed by atoms with Crippen LogP contribution in [0.25, 0.3) is 16.9 Å². The molecular weight excluding hydrogens is 733 g/mol. The van der Waals surface area contributed by atoms with Gasteiger partial charge in [-0.2, -0.15) is 23.4 Å². The number of nitrogens with one attached hydrogen (secondary N) is 1. The van der Waals surface area contributed by atoms with Crippen molar-refractivity contribution in [1.29, 1.82) is 0 Å². The summed E-state index contributed by atoms with van der Waals surface area (Å²) in [6.45, 7) is 2.79. The maximum absolute atomic E-state index is 14.2. The van der Waals surface area contributed by atoms with Crippen molar-refractivity contribution in [3.05, 3.63) is 128 Å². The van der Waals surface area contributed by atoms with Crippen LogP contribution in [0.4, 0.5) is 13.2 Å². The Morgan fingerprint density at radius 3 is 2.51 bits per heavy atom. The molecule has 51 heavy (non-hydrogen) atoms. The minimum absolute atomic E-state index is 0.00478. The number of carbonyl (C=O) groups excluding carboxylic acids is 2. The molecular formula is C36H32BrF3N6O5. The van der Waals surface area contributed by atoms with Gasteiger partial charge in [0, 0.05) is 40.9 Å². The number of rotatable bonds is 9. The number of benzene rings is 3. The number of imidazole rings is 1. The van der Waals surface area contributed by atoms with Crippen LogP contribution >= 0.6 is 15.9 Å². The second-order valence-electron chi connectivity index (χ2n) is 12.1. The molecule has 1 aliphatic rings. The van der Waals surface area contributed by atoms with Crippen molar-refractivity contribution in [3.63, 3.8) is 0 Å². The first kappa shape index (κ1) is 35.5. The number of aromatic nitrogens is 4. The normalized spacial score (nSPS) is 14.9. The molecule has 0 saturated heterocycles. The van der Waals surface area contributed by atoms with Crippen molar-refractivity contribution >= 4 is 27.7 Å². The summed E-state index contributed by atoms with van der Waals surface area (Å²) < 4.78 is 47.0. The van der Waals surface area contributed by atoms with Crippen LogP contribution in [0.2, 0.25) is 0 Å². The Bertz CT molecular complexity index is 2140. The Labute approximate surface area is 298 Å². The number of carbonyl (C=O) groups is 2. The SMILES string of the molecule is Cc1cc(C(=O)N2Cc3c(C(=O)NCc4ccccc4-c4cccnn4)n(-c4ccc(OC[C@H](O)C(F)(F)F)cc4)c(=O)n3C[C@H]2C)ccc1Br. The molecule has 6 rings (SSSR count). The second kappa shape index (κ2) is 14.5. The van der Waals surface area contributed by atoms with Crippen LogP contribution < -0.4 is 15.7 Å². The molecule has 0 spiro atoms. The summed E-state index contributed by atoms with van der Waals surface area (Å²) in [5, 5.41) is 20.4. The van der Waals surface area contributed by atoms with Gasteiger partial charge in [0.2, 0.25) is 0 Å². The number of alkyl halides is 3. The highest BCUT2D eigenvalue weighted by Crippen LogP contribution is 2.28. The molecule has 2 aromatic heterocycles. The van der Waals surface area contributed by atoms with E-state index in [1.54, 1.807) is 41.4 Å². The van der Waals surface area contributed by atoms with Gasteiger partial charge in [0.05, 0.1) is 23.6 Å². The molecule has 0 unspecified atom stereocenters. The molecule has 11 nitrogen and oxygen atoms in total. The molecule has 1 aliphatic heterocycles. The van der Waals surface area contributed by atoms with Gasteiger partial charge < -0.3 is 20.1 Å². The second-order valence-corrected chi connectivity index (χ2v) is 12.9. The monoisotopic (exact) mass is 764 g/mol. The number of aliphatic hydroxyl groups is 1. The summed E-state index contributed by atoms with van der Waals surface area (Å²) in [4.78, 5) is 43.7. The van der Waals surface area contributed by atoms with Crippen LogP contribution in [-0.2, 0) is 19.6 Å².